The lowest BCUT2D eigenvalue weighted by atomic mass is 10.0. The van der Waals surface area contributed by atoms with Gasteiger partial charge in [0.2, 0.25) is 5.89 Å². The normalized spacial score (nSPS) is 15.1. The van der Waals surface area contributed by atoms with Crippen molar-refractivity contribution in [1.29, 1.82) is 0 Å². The van der Waals surface area contributed by atoms with E-state index in [0.717, 1.165) is 36.9 Å². The Morgan fingerprint density at radius 3 is 2.56 bits per heavy atom. The second-order valence-electron chi connectivity index (χ2n) is 8.63. The van der Waals surface area contributed by atoms with Crippen molar-refractivity contribution in [2.45, 2.75) is 25.8 Å². The van der Waals surface area contributed by atoms with Crippen LogP contribution in [0.3, 0.4) is 0 Å². The van der Waals surface area contributed by atoms with E-state index in [9.17, 15) is 4.79 Å². The summed E-state index contributed by atoms with van der Waals surface area (Å²) in [6, 6.07) is 14.0. The Balaban J connectivity index is 1.41. The second-order valence-corrected chi connectivity index (χ2v) is 8.63. The molecular weight excluding hydrogens is 404 g/mol. The summed E-state index contributed by atoms with van der Waals surface area (Å²) in [6.07, 6.45) is 3.55. The van der Waals surface area contributed by atoms with Gasteiger partial charge in [-0.25, -0.2) is 4.98 Å². The molecule has 1 amide bonds. The zero-order valence-corrected chi connectivity index (χ0v) is 18.5. The van der Waals surface area contributed by atoms with Crippen molar-refractivity contribution in [3.8, 4) is 22.8 Å². The van der Waals surface area contributed by atoms with Gasteiger partial charge in [-0.15, -0.1) is 0 Å². The van der Waals surface area contributed by atoms with Gasteiger partial charge in [0, 0.05) is 30.3 Å². The fourth-order valence-electron chi connectivity index (χ4n) is 4.24. The van der Waals surface area contributed by atoms with Crippen LogP contribution in [0.1, 0.15) is 28.8 Å². The molecule has 1 aliphatic heterocycles. The molecule has 0 spiro atoms. The van der Waals surface area contributed by atoms with E-state index in [2.05, 4.69) is 29.1 Å². The predicted molar refractivity (Wildman–Crippen MR) is 122 cm³/mol. The first-order chi connectivity index (χ1) is 15.5. The number of rotatable bonds is 4. The number of carbonyl (C=O) groups is 1. The van der Waals surface area contributed by atoms with Crippen LogP contribution >= 0.6 is 0 Å². The van der Waals surface area contributed by atoms with Gasteiger partial charge in [-0.3, -0.25) is 4.79 Å². The van der Waals surface area contributed by atoms with E-state index < -0.39 is 0 Å². The Morgan fingerprint density at radius 2 is 1.84 bits per heavy atom. The Kier molecular flexibility index (Phi) is 5.27. The maximum atomic E-state index is 13.1. The molecule has 0 aliphatic carbocycles. The molecule has 1 aliphatic rings. The Labute approximate surface area is 186 Å². The summed E-state index contributed by atoms with van der Waals surface area (Å²) in [6.45, 7) is 3.56. The van der Waals surface area contributed by atoms with E-state index in [-0.39, 0.29) is 5.91 Å². The van der Waals surface area contributed by atoms with Crippen LogP contribution in [-0.2, 0) is 0 Å². The van der Waals surface area contributed by atoms with Gasteiger partial charge in [0.1, 0.15) is 17.7 Å². The minimum Gasteiger partial charge on any atom is -0.444 e. The van der Waals surface area contributed by atoms with Gasteiger partial charge in [0.05, 0.1) is 5.39 Å². The lowest BCUT2D eigenvalue weighted by Gasteiger charge is -2.35. The third-order valence-corrected chi connectivity index (χ3v) is 6.24. The van der Waals surface area contributed by atoms with Gasteiger partial charge < -0.3 is 18.7 Å². The monoisotopic (exact) mass is 430 g/mol. The van der Waals surface area contributed by atoms with Crippen molar-refractivity contribution in [2.24, 2.45) is 0 Å². The molecule has 3 heterocycles. The number of piperidine rings is 1. The molecule has 0 bridgehead atoms. The molecule has 0 radical (unpaired) electrons. The molecule has 164 valence electrons. The first-order valence-corrected chi connectivity index (χ1v) is 10.9. The summed E-state index contributed by atoms with van der Waals surface area (Å²) in [5, 5.41) is 4.95. The van der Waals surface area contributed by atoms with Crippen molar-refractivity contribution in [3.05, 3.63) is 59.9 Å². The maximum absolute atomic E-state index is 13.1. The van der Waals surface area contributed by atoms with Crippen molar-refractivity contribution < 1.29 is 13.7 Å². The van der Waals surface area contributed by atoms with Crippen molar-refractivity contribution >= 4 is 16.9 Å². The quantitative estimate of drug-likeness (QED) is 0.470. The summed E-state index contributed by atoms with van der Waals surface area (Å²) < 4.78 is 11.2. The number of carbonyl (C=O) groups excluding carboxylic acids is 1. The molecule has 1 saturated heterocycles. The maximum Gasteiger partial charge on any atom is 0.253 e. The first kappa shape index (κ1) is 20.5. The van der Waals surface area contributed by atoms with Gasteiger partial charge in [-0.2, -0.15) is 0 Å². The fourth-order valence-corrected chi connectivity index (χ4v) is 4.24. The van der Waals surface area contributed by atoms with Crippen LogP contribution in [0.2, 0.25) is 0 Å². The van der Waals surface area contributed by atoms with Crippen LogP contribution in [0, 0.1) is 6.92 Å². The Bertz CT molecular complexity index is 1250. The van der Waals surface area contributed by atoms with Gasteiger partial charge in [-0.05, 0) is 64.2 Å². The van der Waals surface area contributed by atoms with Crippen LogP contribution in [0.5, 0.6) is 0 Å². The van der Waals surface area contributed by atoms with Crippen LogP contribution in [0.15, 0.2) is 57.7 Å². The van der Waals surface area contributed by atoms with Gasteiger partial charge in [0.15, 0.2) is 5.58 Å². The topological polar surface area (TPSA) is 75.6 Å². The van der Waals surface area contributed by atoms with Crippen molar-refractivity contribution in [1.82, 2.24) is 19.9 Å². The van der Waals surface area contributed by atoms with E-state index in [1.165, 1.54) is 5.56 Å². The molecule has 32 heavy (non-hydrogen) atoms. The number of likely N-dealkylation sites (tertiary alicyclic amines) is 1. The van der Waals surface area contributed by atoms with Crippen LogP contribution in [0.4, 0.5) is 0 Å². The summed E-state index contributed by atoms with van der Waals surface area (Å²) in [5.74, 6) is 0.559. The predicted octanol–water partition coefficient (Wildman–Crippen LogP) is 4.62. The average molecular weight is 431 g/mol. The molecule has 1 fully saturated rings. The van der Waals surface area contributed by atoms with E-state index in [0.29, 0.717) is 34.5 Å². The third-order valence-electron chi connectivity index (χ3n) is 6.24. The highest BCUT2D eigenvalue weighted by atomic mass is 16.5. The van der Waals surface area contributed by atoms with E-state index in [4.69, 9.17) is 8.94 Å². The minimum atomic E-state index is 0.0387. The molecular formula is C25H26N4O3. The zero-order chi connectivity index (χ0) is 22.2. The molecule has 2 aromatic carbocycles. The molecule has 2 aromatic heterocycles. The molecule has 0 saturated carbocycles. The highest BCUT2D eigenvalue weighted by molar-refractivity contribution is 6.00. The fraction of sp³-hybridized carbons (Fsp3) is 0.320. The Hall–Kier alpha value is -3.45. The molecule has 0 atom stereocenters. The number of aryl methyl sites for hydroxylation is 1. The number of fused-ring (bicyclic) bond motifs is 1. The van der Waals surface area contributed by atoms with Gasteiger partial charge in [-0.1, -0.05) is 22.9 Å². The largest absolute Gasteiger partial charge is 0.444 e. The van der Waals surface area contributed by atoms with E-state index >= 15 is 0 Å². The minimum absolute atomic E-state index is 0.0387. The van der Waals surface area contributed by atoms with E-state index in [1.54, 1.807) is 18.4 Å². The number of hydrogen-bond acceptors (Lipinski definition) is 6. The number of benzene rings is 2. The number of nitrogens with zero attached hydrogens (tertiary/aromatic N) is 4. The summed E-state index contributed by atoms with van der Waals surface area (Å²) in [5.41, 5.74) is 4.46. The standard InChI is InChI=1S/C25H26N4O3/c1-16-4-6-17(7-5-16)24-26-21(15-31-24)23-20-14-18(8-9-22(20)32-27-23)25(30)29-12-10-19(11-13-29)28(2)3/h4-9,14-15,19H,10-13H2,1-3H3. The zero-order valence-electron chi connectivity index (χ0n) is 18.5. The lowest BCUT2D eigenvalue weighted by Crippen LogP contribution is -2.44. The third kappa shape index (κ3) is 3.80. The molecule has 0 unspecified atom stereocenters. The second kappa shape index (κ2) is 8.24. The molecule has 5 rings (SSSR count). The van der Waals surface area contributed by atoms with Crippen LogP contribution in [-0.4, -0.2) is 59.1 Å². The highest BCUT2D eigenvalue weighted by Crippen LogP contribution is 2.31. The average Bonchev–Trinajstić information content (AvgIpc) is 3.46. The summed E-state index contributed by atoms with van der Waals surface area (Å²) >= 11 is 0. The first-order valence-electron chi connectivity index (χ1n) is 10.9. The lowest BCUT2D eigenvalue weighted by molar-refractivity contribution is 0.0663. The Morgan fingerprint density at radius 1 is 1.09 bits per heavy atom. The molecule has 7 nitrogen and oxygen atoms in total. The molecule has 4 aromatic rings. The van der Waals surface area contributed by atoms with Gasteiger partial charge >= 0.3 is 0 Å². The van der Waals surface area contributed by atoms with Gasteiger partial charge in [0.25, 0.3) is 5.91 Å². The summed E-state index contributed by atoms with van der Waals surface area (Å²) in [7, 11) is 4.19. The number of oxazole rings is 1. The smallest absolute Gasteiger partial charge is 0.253 e. The molecule has 7 heteroatoms. The molecule has 0 N–H and O–H groups in total. The number of aromatic nitrogens is 2. The summed E-state index contributed by atoms with van der Waals surface area (Å²) in [4.78, 5) is 21.9. The number of hydrogen-bond donors (Lipinski definition) is 0. The van der Waals surface area contributed by atoms with Crippen molar-refractivity contribution in [2.75, 3.05) is 27.2 Å². The van der Waals surface area contributed by atoms with Crippen LogP contribution < -0.4 is 0 Å². The SMILES string of the molecule is Cc1ccc(-c2nc(-c3noc4ccc(C(=O)N5CCC(N(C)C)CC5)cc34)co2)cc1. The highest BCUT2D eigenvalue weighted by Gasteiger charge is 2.25. The number of amides is 1. The van der Waals surface area contributed by atoms with Crippen LogP contribution in [0.25, 0.3) is 33.8 Å². The van der Waals surface area contributed by atoms with Crippen molar-refractivity contribution in [3.63, 3.8) is 0 Å². The van der Waals surface area contributed by atoms with E-state index in [1.807, 2.05) is 42.2 Å².